The van der Waals surface area contributed by atoms with Crippen LogP contribution in [0, 0.1) is 0 Å². The van der Waals surface area contributed by atoms with Crippen molar-refractivity contribution >= 4 is 19.4 Å². The highest BCUT2D eigenvalue weighted by atomic mass is 28.3. The lowest BCUT2D eigenvalue weighted by molar-refractivity contribution is 0.477. The number of phenolic OH excluding ortho intramolecular Hbond substituents is 1. The molecule has 1 aliphatic heterocycles. The van der Waals surface area contributed by atoms with Gasteiger partial charge in [0.25, 0.3) is 0 Å². The highest BCUT2D eigenvalue weighted by Crippen LogP contribution is 2.40. The van der Waals surface area contributed by atoms with Gasteiger partial charge in [-0.3, -0.25) is 0 Å². The third kappa shape index (κ3) is 5.70. The molecule has 31 heavy (non-hydrogen) atoms. The highest BCUT2D eigenvalue weighted by molar-refractivity contribution is 6.81. The maximum absolute atomic E-state index is 10.6. The van der Waals surface area contributed by atoms with E-state index in [2.05, 4.69) is 54.2 Å². The van der Waals surface area contributed by atoms with Gasteiger partial charge in [0.2, 0.25) is 0 Å². The van der Waals surface area contributed by atoms with Gasteiger partial charge < -0.3 is 15.3 Å². The van der Waals surface area contributed by atoms with E-state index in [9.17, 15) is 5.11 Å². The Morgan fingerprint density at radius 3 is 2.29 bits per heavy atom. The van der Waals surface area contributed by atoms with E-state index in [0.29, 0.717) is 5.75 Å². The van der Waals surface area contributed by atoms with Crippen LogP contribution in [0.4, 0.5) is 11.4 Å². The Balaban J connectivity index is 1.69. The van der Waals surface area contributed by atoms with E-state index >= 15 is 0 Å². The molecule has 0 aromatic heterocycles. The predicted octanol–water partition coefficient (Wildman–Crippen LogP) is 7.08. The van der Waals surface area contributed by atoms with Crippen LogP contribution in [0.1, 0.15) is 12.8 Å². The lowest BCUT2D eigenvalue weighted by Gasteiger charge is -2.33. The molecule has 164 valence electrons. The van der Waals surface area contributed by atoms with Crippen LogP contribution >= 0.6 is 0 Å². The summed E-state index contributed by atoms with van der Waals surface area (Å²) in [4.78, 5) is 2.47. The second-order valence-corrected chi connectivity index (χ2v) is 13.3. The Hall–Kier alpha value is -2.72. The number of allylic oxidation sites excluding steroid dienone is 3. The number of fused-ring (bicyclic) bond motifs is 1. The molecule has 2 N–H and O–H groups in total. The lowest BCUT2D eigenvalue weighted by Crippen LogP contribution is -2.35. The molecule has 0 fully saturated rings. The number of benzene rings is 2. The van der Waals surface area contributed by atoms with Crippen LogP contribution < -0.4 is 10.2 Å². The second-order valence-electron chi connectivity index (χ2n) is 8.60. The maximum atomic E-state index is 10.6. The number of nitrogens with zero attached hydrogens (tertiary/aromatic N) is 1. The van der Waals surface area contributed by atoms with Gasteiger partial charge in [-0.1, -0.05) is 61.0 Å². The number of unbranched alkanes of at least 4 members (excludes halogenated alkanes) is 1. The summed E-state index contributed by atoms with van der Waals surface area (Å²) >= 11 is 0. The number of rotatable bonds is 12. The molecule has 0 bridgehead atoms. The van der Waals surface area contributed by atoms with Gasteiger partial charge in [-0.2, -0.15) is 0 Å². The monoisotopic (exact) mass is 432 g/mol. The SMILES string of the molecule is C=CC[Si](CC=C)(CC=C)CCCCN1CCNc2cc(O)c(-c3ccccc3)cc21. The van der Waals surface area contributed by atoms with Crippen LogP contribution in [0.2, 0.25) is 24.2 Å². The standard InChI is InChI=1S/C27H36N2OSi/c1-4-17-31(18-5-2,19-6-3)20-11-10-15-29-16-14-28-25-22-27(30)24(21-26(25)29)23-12-8-7-9-13-23/h4-9,12-13,21-22,28,30H,1-3,10-11,14-20H2. The summed E-state index contributed by atoms with van der Waals surface area (Å²) in [5.41, 5.74) is 4.15. The number of hydrogen-bond donors (Lipinski definition) is 2. The van der Waals surface area contributed by atoms with E-state index < -0.39 is 8.07 Å². The predicted molar refractivity (Wildman–Crippen MR) is 139 cm³/mol. The summed E-state index contributed by atoms with van der Waals surface area (Å²) in [5, 5.41) is 14.0. The molecule has 0 saturated heterocycles. The summed E-state index contributed by atoms with van der Waals surface area (Å²) in [6.07, 6.45) is 8.70. The zero-order chi connectivity index (χ0) is 22.1. The molecule has 0 radical (unpaired) electrons. The van der Waals surface area contributed by atoms with Gasteiger partial charge in [-0.15, -0.1) is 19.7 Å². The molecule has 2 aromatic rings. The first kappa shape index (κ1) is 23.0. The fourth-order valence-electron chi connectivity index (χ4n) is 4.78. The number of nitrogens with one attached hydrogen (secondary N) is 1. The summed E-state index contributed by atoms with van der Waals surface area (Å²) in [7, 11) is -1.43. The Bertz CT molecular complexity index is 867. The maximum Gasteiger partial charge on any atom is 0.125 e. The topological polar surface area (TPSA) is 35.5 Å². The van der Waals surface area contributed by atoms with E-state index in [1.54, 1.807) is 0 Å². The van der Waals surface area contributed by atoms with E-state index in [4.69, 9.17) is 0 Å². The lowest BCUT2D eigenvalue weighted by atomic mass is 10.0. The van der Waals surface area contributed by atoms with Crippen molar-refractivity contribution < 1.29 is 5.11 Å². The number of aromatic hydroxyl groups is 1. The van der Waals surface area contributed by atoms with Crippen LogP contribution in [0.5, 0.6) is 5.75 Å². The first-order chi connectivity index (χ1) is 15.1. The minimum absolute atomic E-state index is 0.327. The summed E-state index contributed by atoms with van der Waals surface area (Å²) in [5.74, 6) is 0.327. The fourth-order valence-corrected chi connectivity index (χ4v) is 8.73. The van der Waals surface area contributed by atoms with Gasteiger partial charge in [0.15, 0.2) is 0 Å². The highest BCUT2D eigenvalue weighted by Gasteiger charge is 2.28. The third-order valence-electron chi connectivity index (χ3n) is 6.35. The Morgan fingerprint density at radius 2 is 1.65 bits per heavy atom. The molecule has 0 amide bonds. The van der Waals surface area contributed by atoms with Crippen molar-refractivity contribution in [2.24, 2.45) is 0 Å². The summed E-state index contributed by atoms with van der Waals surface area (Å²) in [6, 6.07) is 18.8. The molecule has 0 atom stereocenters. The van der Waals surface area contributed by atoms with Gasteiger partial charge in [-0.05, 0) is 36.2 Å². The van der Waals surface area contributed by atoms with Gasteiger partial charge >= 0.3 is 0 Å². The number of anilines is 2. The molecule has 0 spiro atoms. The Morgan fingerprint density at radius 1 is 0.968 bits per heavy atom. The Kier molecular flexibility index (Phi) is 8.18. The normalized spacial score (nSPS) is 13.2. The van der Waals surface area contributed by atoms with E-state index in [1.165, 1.54) is 24.6 Å². The number of phenols is 1. The van der Waals surface area contributed by atoms with Crippen molar-refractivity contribution in [1.82, 2.24) is 0 Å². The molecule has 2 aromatic carbocycles. The first-order valence-corrected chi connectivity index (χ1v) is 14.2. The van der Waals surface area contributed by atoms with Crippen LogP contribution in [0.15, 0.2) is 80.4 Å². The molecule has 1 heterocycles. The summed E-state index contributed by atoms with van der Waals surface area (Å²) < 4.78 is 0. The van der Waals surface area contributed by atoms with Crippen LogP contribution in [-0.2, 0) is 0 Å². The van der Waals surface area contributed by atoms with Crippen molar-refractivity contribution in [2.75, 3.05) is 29.9 Å². The van der Waals surface area contributed by atoms with Crippen molar-refractivity contribution in [3.05, 3.63) is 80.4 Å². The molecule has 1 aliphatic rings. The van der Waals surface area contributed by atoms with Crippen LogP contribution in [0.3, 0.4) is 0 Å². The largest absolute Gasteiger partial charge is 0.507 e. The van der Waals surface area contributed by atoms with Crippen LogP contribution in [0.25, 0.3) is 11.1 Å². The molecule has 0 unspecified atom stereocenters. The first-order valence-electron chi connectivity index (χ1n) is 11.4. The van der Waals surface area contributed by atoms with E-state index in [1.807, 2.05) is 36.4 Å². The van der Waals surface area contributed by atoms with Crippen LogP contribution in [-0.4, -0.2) is 32.8 Å². The number of hydrogen-bond acceptors (Lipinski definition) is 3. The smallest absolute Gasteiger partial charge is 0.125 e. The average Bonchev–Trinajstić information content (AvgIpc) is 2.77. The van der Waals surface area contributed by atoms with Crippen molar-refractivity contribution in [2.45, 2.75) is 37.0 Å². The average molecular weight is 433 g/mol. The molecule has 0 aliphatic carbocycles. The quantitative estimate of drug-likeness (QED) is 0.214. The van der Waals surface area contributed by atoms with E-state index in [0.717, 1.165) is 54.6 Å². The van der Waals surface area contributed by atoms with Gasteiger partial charge in [0, 0.05) is 31.3 Å². The van der Waals surface area contributed by atoms with Gasteiger partial charge in [-0.25, -0.2) is 0 Å². The minimum Gasteiger partial charge on any atom is -0.507 e. The minimum atomic E-state index is -1.43. The molecule has 3 nitrogen and oxygen atoms in total. The van der Waals surface area contributed by atoms with E-state index in [-0.39, 0.29) is 0 Å². The fraction of sp³-hybridized carbons (Fsp3) is 0.333. The molecular formula is C27H36N2OSi. The summed E-state index contributed by atoms with van der Waals surface area (Å²) in [6.45, 7) is 14.9. The van der Waals surface area contributed by atoms with Crippen molar-refractivity contribution in [1.29, 1.82) is 0 Å². The molecule has 0 saturated carbocycles. The van der Waals surface area contributed by atoms with Crippen molar-refractivity contribution in [3.63, 3.8) is 0 Å². The molecule has 4 heteroatoms. The zero-order valence-electron chi connectivity index (χ0n) is 18.7. The third-order valence-corrected chi connectivity index (χ3v) is 11.2. The molecule has 3 rings (SSSR count). The van der Waals surface area contributed by atoms with Gasteiger partial charge in [0.1, 0.15) is 5.75 Å². The molecular weight excluding hydrogens is 396 g/mol. The van der Waals surface area contributed by atoms with Crippen molar-refractivity contribution in [3.8, 4) is 16.9 Å². The zero-order valence-corrected chi connectivity index (χ0v) is 19.7. The van der Waals surface area contributed by atoms with Gasteiger partial charge in [0.05, 0.1) is 19.4 Å². The Labute approximate surface area is 188 Å². The second kappa shape index (κ2) is 11.1.